The molecule has 10 heavy (non-hydrogen) atoms. The van der Waals surface area contributed by atoms with Gasteiger partial charge in [0.25, 0.3) is 6.41 Å². The van der Waals surface area contributed by atoms with Gasteiger partial charge in [0.2, 0.25) is 0 Å². The molecule has 0 amide bonds. The van der Waals surface area contributed by atoms with Crippen LogP contribution >= 0.6 is 0 Å². The maximum Gasteiger partial charge on any atom is 0.280 e. The lowest BCUT2D eigenvalue weighted by Gasteiger charge is -2.05. The monoisotopic (exact) mass is 144 g/mol. The molecule has 0 saturated heterocycles. The summed E-state index contributed by atoms with van der Waals surface area (Å²) < 4.78 is 0. The molecule has 0 fully saturated rings. The van der Waals surface area contributed by atoms with E-state index in [-0.39, 0.29) is 0 Å². The van der Waals surface area contributed by atoms with E-state index in [1.165, 1.54) is 0 Å². The number of amidine groups is 1. The molecule has 1 heterocycles. The third-order valence-electron chi connectivity index (χ3n) is 1.60. The van der Waals surface area contributed by atoms with E-state index >= 15 is 0 Å². The Kier molecular flexibility index (Phi) is 2.24. The Morgan fingerprint density at radius 1 is 1.90 bits per heavy atom. The van der Waals surface area contributed by atoms with Gasteiger partial charge in [-0.3, -0.25) is 0 Å². The molecule has 1 aliphatic rings. The summed E-state index contributed by atoms with van der Waals surface area (Å²) in [6, 6.07) is 0. The second-order valence-corrected chi connectivity index (χ2v) is 2.37. The van der Waals surface area contributed by atoms with Crippen molar-refractivity contribution in [3.8, 4) is 0 Å². The molecular formula is C6H12N2O2. The summed E-state index contributed by atoms with van der Waals surface area (Å²) in [6.45, 7) is 4.08. The fourth-order valence-electron chi connectivity index (χ4n) is 0.706. The van der Waals surface area contributed by atoms with Gasteiger partial charge in [-0.1, -0.05) is 13.8 Å². The Hall–Kier alpha value is -0.610. The van der Waals surface area contributed by atoms with Crippen LogP contribution in [0.3, 0.4) is 0 Å². The molecule has 0 spiro atoms. The van der Waals surface area contributed by atoms with Crippen molar-refractivity contribution in [3.63, 3.8) is 0 Å². The van der Waals surface area contributed by atoms with Crippen LogP contribution < -0.4 is 5.48 Å². The van der Waals surface area contributed by atoms with Gasteiger partial charge in [0.15, 0.2) is 0 Å². The first-order valence-electron chi connectivity index (χ1n) is 3.41. The number of aliphatic hydroxyl groups is 1. The van der Waals surface area contributed by atoms with Crippen molar-refractivity contribution in [1.29, 1.82) is 0 Å². The number of aliphatic imine (C=N–C) groups is 1. The molecule has 4 nitrogen and oxygen atoms in total. The van der Waals surface area contributed by atoms with Crippen LogP contribution in [0.15, 0.2) is 4.99 Å². The second kappa shape index (κ2) is 2.98. The van der Waals surface area contributed by atoms with E-state index in [9.17, 15) is 0 Å². The number of hydroxylamine groups is 1. The first-order valence-corrected chi connectivity index (χ1v) is 3.41. The SMILES string of the molecule is CCC(C)C1=NC(O)ON1. The van der Waals surface area contributed by atoms with Crippen molar-refractivity contribution in [2.24, 2.45) is 10.9 Å². The van der Waals surface area contributed by atoms with Crippen LogP contribution in [0.5, 0.6) is 0 Å². The Labute approximate surface area is 59.9 Å². The number of rotatable bonds is 2. The van der Waals surface area contributed by atoms with Crippen molar-refractivity contribution < 1.29 is 9.94 Å². The highest BCUT2D eigenvalue weighted by Gasteiger charge is 2.18. The summed E-state index contributed by atoms with van der Waals surface area (Å²) in [7, 11) is 0. The van der Waals surface area contributed by atoms with Crippen molar-refractivity contribution >= 4 is 5.84 Å². The van der Waals surface area contributed by atoms with Crippen LogP contribution in [0.1, 0.15) is 20.3 Å². The predicted octanol–water partition coefficient (Wildman–Crippen LogP) is 0.242. The van der Waals surface area contributed by atoms with Crippen LogP contribution in [-0.4, -0.2) is 17.4 Å². The van der Waals surface area contributed by atoms with Crippen molar-refractivity contribution in [2.45, 2.75) is 26.7 Å². The molecule has 58 valence electrons. The van der Waals surface area contributed by atoms with E-state index in [0.29, 0.717) is 5.92 Å². The van der Waals surface area contributed by atoms with Crippen LogP contribution in [0.4, 0.5) is 0 Å². The number of nitrogens with zero attached hydrogens (tertiary/aromatic N) is 1. The minimum Gasteiger partial charge on any atom is -0.348 e. The number of hydrogen-bond acceptors (Lipinski definition) is 4. The Morgan fingerprint density at radius 2 is 2.60 bits per heavy atom. The fourth-order valence-corrected chi connectivity index (χ4v) is 0.706. The Morgan fingerprint density at radius 3 is 3.00 bits per heavy atom. The van der Waals surface area contributed by atoms with Gasteiger partial charge in [0, 0.05) is 5.92 Å². The van der Waals surface area contributed by atoms with E-state index in [2.05, 4.69) is 22.2 Å². The average Bonchev–Trinajstić information content (AvgIpc) is 2.34. The van der Waals surface area contributed by atoms with Crippen LogP contribution in [0.25, 0.3) is 0 Å². The standard InChI is InChI=1S/C6H12N2O2/c1-3-4(2)5-7-6(9)10-8-5/h4,6,9H,3H2,1-2H3,(H,7,8). The number of hydrogen-bond donors (Lipinski definition) is 2. The lowest BCUT2D eigenvalue weighted by Crippen LogP contribution is -2.23. The molecule has 0 aromatic heterocycles. The molecule has 2 N–H and O–H groups in total. The molecule has 4 heteroatoms. The summed E-state index contributed by atoms with van der Waals surface area (Å²) in [5.74, 6) is 1.06. The maximum atomic E-state index is 8.77. The summed E-state index contributed by atoms with van der Waals surface area (Å²) >= 11 is 0. The summed E-state index contributed by atoms with van der Waals surface area (Å²) in [5.41, 5.74) is 2.56. The summed E-state index contributed by atoms with van der Waals surface area (Å²) in [5, 5.41) is 8.77. The smallest absolute Gasteiger partial charge is 0.280 e. The molecule has 0 bridgehead atoms. The second-order valence-electron chi connectivity index (χ2n) is 2.37. The third-order valence-corrected chi connectivity index (χ3v) is 1.60. The van der Waals surface area contributed by atoms with Gasteiger partial charge in [-0.2, -0.15) is 0 Å². The zero-order valence-electron chi connectivity index (χ0n) is 6.16. The minimum atomic E-state index is -1.01. The third kappa shape index (κ3) is 1.46. The first-order chi connectivity index (χ1) is 4.74. The van der Waals surface area contributed by atoms with E-state index < -0.39 is 6.41 Å². The van der Waals surface area contributed by atoms with Crippen molar-refractivity contribution in [2.75, 3.05) is 0 Å². The highest BCUT2D eigenvalue weighted by atomic mass is 16.7. The van der Waals surface area contributed by atoms with Crippen LogP contribution in [-0.2, 0) is 4.84 Å². The van der Waals surface area contributed by atoms with Gasteiger partial charge in [-0.25, -0.2) is 15.3 Å². The Bertz CT molecular complexity index is 147. The Balaban J connectivity index is 2.48. The van der Waals surface area contributed by atoms with Crippen LogP contribution in [0, 0.1) is 5.92 Å². The largest absolute Gasteiger partial charge is 0.348 e. The highest BCUT2D eigenvalue weighted by molar-refractivity contribution is 5.84. The first kappa shape index (κ1) is 7.50. The van der Waals surface area contributed by atoms with Gasteiger partial charge in [-0.05, 0) is 6.42 Å². The van der Waals surface area contributed by atoms with E-state index in [1.807, 2.05) is 6.92 Å². The van der Waals surface area contributed by atoms with Gasteiger partial charge >= 0.3 is 0 Å². The van der Waals surface area contributed by atoms with E-state index in [4.69, 9.17) is 5.11 Å². The topological polar surface area (TPSA) is 53.9 Å². The van der Waals surface area contributed by atoms with Crippen LogP contribution in [0.2, 0.25) is 0 Å². The van der Waals surface area contributed by atoms with Gasteiger partial charge in [-0.15, -0.1) is 0 Å². The van der Waals surface area contributed by atoms with E-state index in [1.54, 1.807) is 0 Å². The molecule has 1 aliphatic heterocycles. The predicted molar refractivity (Wildman–Crippen MR) is 37.1 cm³/mol. The lowest BCUT2D eigenvalue weighted by molar-refractivity contribution is -0.102. The van der Waals surface area contributed by atoms with Gasteiger partial charge in [0.05, 0.1) is 0 Å². The molecule has 0 aromatic carbocycles. The minimum absolute atomic E-state index is 0.331. The fraction of sp³-hybridized carbons (Fsp3) is 0.833. The van der Waals surface area contributed by atoms with Gasteiger partial charge in [0.1, 0.15) is 5.84 Å². The molecule has 0 saturated carbocycles. The van der Waals surface area contributed by atoms with Crippen molar-refractivity contribution in [1.82, 2.24) is 5.48 Å². The number of aliphatic hydroxyl groups excluding tert-OH is 1. The molecule has 0 aliphatic carbocycles. The summed E-state index contributed by atoms with van der Waals surface area (Å²) in [6.07, 6.45) is -0.0222. The lowest BCUT2D eigenvalue weighted by atomic mass is 10.1. The van der Waals surface area contributed by atoms with E-state index in [0.717, 1.165) is 12.3 Å². The molecule has 0 radical (unpaired) electrons. The average molecular weight is 144 g/mol. The zero-order chi connectivity index (χ0) is 7.56. The molecule has 2 unspecified atom stereocenters. The molecule has 1 rings (SSSR count). The van der Waals surface area contributed by atoms with Crippen molar-refractivity contribution in [3.05, 3.63) is 0 Å². The quantitative estimate of drug-likeness (QED) is 0.583. The molecule has 2 atom stereocenters. The molecule has 0 aromatic rings. The normalized spacial score (nSPS) is 27.5. The highest BCUT2D eigenvalue weighted by Crippen LogP contribution is 2.07. The summed E-state index contributed by atoms with van der Waals surface area (Å²) in [4.78, 5) is 8.39. The maximum absolute atomic E-state index is 8.77. The number of nitrogens with one attached hydrogen (secondary N) is 1. The molecular weight excluding hydrogens is 132 g/mol. The van der Waals surface area contributed by atoms with Gasteiger partial charge < -0.3 is 5.11 Å². The zero-order valence-corrected chi connectivity index (χ0v) is 6.16.